The van der Waals surface area contributed by atoms with E-state index >= 15 is 0 Å². The Kier molecular flexibility index (Phi) is 6.55. The number of alkyl halides is 3. The summed E-state index contributed by atoms with van der Waals surface area (Å²) in [5, 5.41) is 9.11. The summed E-state index contributed by atoms with van der Waals surface area (Å²) < 4.78 is 37.3. The fraction of sp³-hybridized carbons (Fsp3) is 0.455. The van der Waals surface area contributed by atoms with Gasteiger partial charge in [0.2, 0.25) is 0 Å². The van der Waals surface area contributed by atoms with Crippen LogP contribution in [-0.4, -0.2) is 72.4 Å². The molecule has 0 bridgehead atoms. The van der Waals surface area contributed by atoms with E-state index < -0.39 is 12.1 Å². The minimum absolute atomic E-state index is 0.197. The molecular weight excluding hydrogens is 445 g/mol. The second-order valence-corrected chi connectivity index (χ2v) is 8.93. The maximum atomic E-state index is 12.8. The van der Waals surface area contributed by atoms with Crippen LogP contribution in [0.15, 0.2) is 41.8 Å². The summed E-state index contributed by atoms with van der Waals surface area (Å²) in [5.74, 6) is -1.59. The Balaban J connectivity index is 0.000000307. The van der Waals surface area contributed by atoms with E-state index in [1.165, 1.54) is 11.1 Å². The summed E-state index contributed by atoms with van der Waals surface area (Å²) in [6, 6.07) is 13.2. The van der Waals surface area contributed by atoms with Gasteiger partial charge in [0.15, 0.2) is 0 Å². The molecule has 2 fully saturated rings. The molecule has 32 heavy (non-hydrogen) atoms. The molecule has 3 aliphatic rings. The molecule has 2 aliphatic heterocycles. The number of fused-ring (bicyclic) bond motifs is 3. The molecule has 3 atom stereocenters. The summed E-state index contributed by atoms with van der Waals surface area (Å²) >= 11 is 1.54. The first-order chi connectivity index (χ1) is 15.3. The Morgan fingerprint density at radius 3 is 2.28 bits per heavy atom. The van der Waals surface area contributed by atoms with Gasteiger partial charge in [-0.2, -0.15) is 13.2 Å². The molecule has 5 rings (SSSR count). The zero-order chi connectivity index (χ0) is 22.9. The number of carboxylic acid groups (broad SMARTS) is 1. The highest BCUT2D eigenvalue weighted by atomic mass is 32.1. The van der Waals surface area contributed by atoms with Crippen LogP contribution in [0.5, 0.6) is 0 Å². The lowest BCUT2D eigenvalue weighted by Crippen LogP contribution is -2.42. The molecule has 0 radical (unpaired) electrons. The molecule has 10 heteroatoms. The van der Waals surface area contributed by atoms with Crippen molar-refractivity contribution < 1.29 is 32.6 Å². The van der Waals surface area contributed by atoms with E-state index in [1.807, 2.05) is 17.5 Å². The SMILES string of the molecule is O=C(O)C(F)(F)F.O=C(c1cccs1)N1C[C@H]2[C@@H](C1)c1ccccc1[C@@H]2N1CCOCC1. The molecule has 0 unspecified atom stereocenters. The number of carboxylic acids is 1. The molecule has 0 spiro atoms. The van der Waals surface area contributed by atoms with Crippen LogP contribution in [0.2, 0.25) is 0 Å². The largest absolute Gasteiger partial charge is 0.490 e. The number of hydrogen-bond acceptors (Lipinski definition) is 5. The Bertz CT molecular complexity index is 960. The van der Waals surface area contributed by atoms with Crippen LogP contribution >= 0.6 is 11.3 Å². The first-order valence-electron chi connectivity index (χ1n) is 10.3. The number of carbonyl (C=O) groups is 2. The molecule has 3 heterocycles. The highest BCUT2D eigenvalue weighted by Gasteiger charge is 2.49. The number of rotatable bonds is 2. The number of carbonyl (C=O) groups excluding carboxylic acids is 1. The van der Waals surface area contributed by atoms with Gasteiger partial charge in [-0.15, -0.1) is 11.3 Å². The number of nitrogens with zero attached hydrogens (tertiary/aromatic N) is 2. The van der Waals surface area contributed by atoms with E-state index in [0.717, 1.165) is 44.3 Å². The van der Waals surface area contributed by atoms with Crippen molar-refractivity contribution >= 4 is 23.2 Å². The van der Waals surface area contributed by atoms with Crippen molar-refractivity contribution in [1.29, 1.82) is 0 Å². The number of likely N-dealkylation sites (tertiary alicyclic amines) is 1. The van der Waals surface area contributed by atoms with Crippen molar-refractivity contribution in [3.8, 4) is 0 Å². The van der Waals surface area contributed by atoms with E-state index in [2.05, 4.69) is 34.1 Å². The molecule has 2 aromatic rings. The zero-order valence-corrected chi connectivity index (χ0v) is 17.9. The monoisotopic (exact) mass is 468 g/mol. The highest BCUT2D eigenvalue weighted by molar-refractivity contribution is 7.12. The molecule has 172 valence electrons. The van der Waals surface area contributed by atoms with Gasteiger partial charge < -0.3 is 14.7 Å². The van der Waals surface area contributed by atoms with E-state index in [4.69, 9.17) is 14.6 Å². The molecule has 1 N–H and O–H groups in total. The van der Waals surface area contributed by atoms with Crippen LogP contribution < -0.4 is 0 Å². The van der Waals surface area contributed by atoms with Crippen LogP contribution in [0.25, 0.3) is 0 Å². The van der Waals surface area contributed by atoms with Crippen molar-refractivity contribution in [3.63, 3.8) is 0 Å². The number of thiophene rings is 1. The number of morpholine rings is 1. The number of halogens is 3. The maximum absolute atomic E-state index is 12.8. The topological polar surface area (TPSA) is 70.1 Å². The number of benzene rings is 1. The van der Waals surface area contributed by atoms with E-state index in [0.29, 0.717) is 17.9 Å². The summed E-state index contributed by atoms with van der Waals surface area (Å²) in [6.07, 6.45) is -5.08. The van der Waals surface area contributed by atoms with Gasteiger partial charge in [-0.05, 0) is 22.6 Å². The third-order valence-corrected chi connectivity index (χ3v) is 7.04. The van der Waals surface area contributed by atoms with Crippen molar-refractivity contribution in [1.82, 2.24) is 9.80 Å². The Morgan fingerprint density at radius 1 is 1.03 bits per heavy atom. The summed E-state index contributed by atoms with van der Waals surface area (Å²) in [7, 11) is 0. The van der Waals surface area contributed by atoms with Crippen LogP contribution in [0.3, 0.4) is 0 Å². The number of ether oxygens (including phenoxy) is 1. The normalized spacial score (nSPS) is 25.0. The van der Waals surface area contributed by atoms with Crippen LogP contribution in [-0.2, 0) is 9.53 Å². The third-order valence-electron chi connectivity index (χ3n) is 6.19. The van der Waals surface area contributed by atoms with E-state index in [1.54, 1.807) is 11.3 Å². The van der Waals surface area contributed by atoms with Gasteiger partial charge in [0, 0.05) is 44.1 Å². The first kappa shape index (κ1) is 22.8. The Hall–Kier alpha value is -2.43. The summed E-state index contributed by atoms with van der Waals surface area (Å²) in [6.45, 7) is 5.31. The van der Waals surface area contributed by atoms with Gasteiger partial charge in [0.25, 0.3) is 5.91 Å². The third kappa shape index (κ3) is 4.53. The second-order valence-electron chi connectivity index (χ2n) is 7.98. The number of amides is 1. The summed E-state index contributed by atoms with van der Waals surface area (Å²) in [5.41, 5.74) is 2.92. The predicted octanol–water partition coefficient (Wildman–Crippen LogP) is 3.62. The van der Waals surface area contributed by atoms with Crippen LogP contribution in [0.1, 0.15) is 32.8 Å². The van der Waals surface area contributed by atoms with Crippen molar-refractivity contribution in [2.45, 2.75) is 18.1 Å². The van der Waals surface area contributed by atoms with Gasteiger partial charge in [-0.1, -0.05) is 30.3 Å². The Labute approximate surface area is 187 Å². The molecule has 1 amide bonds. The highest BCUT2D eigenvalue weighted by Crippen LogP contribution is 2.52. The smallest absolute Gasteiger partial charge is 0.475 e. The molecular formula is C22H23F3N2O4S. The number of aliphatic carboxylic acids is 1. The van der Waals surface area contributed by atoms with E-state index in [-0.39, 0.29) is 5.91 Å². The summed E-state index contributed by atoms with van der Waals surface area (Å²) in [4.78, 5) is 27.2. The van der Waals surface area contributed by atoms with Crippen molar-refractivity contribution in [2.75, 3.05) is 39.4 Å². The quantitative estimate of drug-likeness (QED) is 0.729. The molecule has 6 nitrogen and oxygen atoms in total. The lowest BCUT2D eigenvalue weighted by molar-refractivity contribution is -0.192. The predicted molar refractivity (Wildman–Crippen MR) is 112 cm³/mol. The van der Waals surface area contributed by atoms with Gasteiger partial charge >= 0.3 is 12.1 Å². The molecule has 2 saturated heterocycles. The fourth-order valence-electron chi connectivity index (χ4n) is 4.87. The average molecular weight is 468 g/mol. The fourth-order valence-corrected chi connectivity index (χ4v) is 5.56. The van der Waals surface area contributed by atoms with Gasteiger partial charge in [-0.25, -0.2) is 4.79 Å². The lowest BCUT2D eigenvalue weighted by atomic mass is 9.93. The molecule has 0 saturated carbocycles. The van der Waals surface area contributed by atoms with Crippen LogP contribution in [0, 0.1) is 5.92 Å². The first-order valence-corrected chi connectivity index (χ1v) is 11.2. The molecule has 1 aromatic heterocycles. The minimum Gasteiger partial charge on any atom is -0.475 e. The Morgan fingerprint density at radius 2 is 1.69 bits per heavy atom. The maximum Gasteiger partial charge on any atom is 0.490 e. The van der Waals surface area contributed by atoms with Crippen molar-refractivity contribution in [3.05, 3.63) is 57.8 Å². The van der Waals surface area contributed by atoms with Gasteiger partial charge in [-0.3, -0.25) is 9.69 Å². The lowest BCUT2D eigenvalue weighted by Gasteiger charge is -2.36. The average Bonchev–Trinajstić information content (AvgIpc) is 3.50. The van der Waals surface area contributed by atoms with Gasteiger partial charge in [0.05, 0.1) is 18.1 Å². The van der Waals surface area contributed by atoms with E-state index in [9.17, 15) is 18.0 Å². The molecule has 1 aromatic carbocycles. The zero-order valence-electron chi connectivity index (χ0n) is 17.1. The van der Waals surface area contributed by atoms with Crippen molar-refractivity contribution in [2.24, 2.45) is 5.92 Å². The number of hydrogen-bond donors (Lipinski definition) is 1. The standard InChI is InChI=1S/C20H22N2O2S.C2HF3O2/c23-20(18-6-3-11-25-18)22-12-16-14-4-1-2-5-15(14)19(17(16)13-22)21-7-9-24-10-8-21;3-2(4,5)1(6)7/h1-6,11,16-17,19H,7-10,12-13H2;(H,6,7)/t16-,17-,19-;/m0./s1. The second kappa shape index (κ2) is 9.21. The molecule has 1 aliphatic carbocycles. The van der Waals surface area contributed by atoms with Gasteiger partial charge in [0.1, 0.15) is 0 Å². The minimum atomic E-state index is -5.08. The van der Waals surface area contributed by atoms with Crippen LogP contribution in [0.4, 0.5) is 13.2 Å².